The lowest BCUT2D eigenvalue weighted by atomic mass is 10.1. The lowest BCUT2D eigenvalue weighted by Crippen LogP contribution is -1.79. The van der Waals surface area contributed by atoms with Gasteiger partial charge in [0.1, 0.15) is 6.07 Å². The molecule has 15 heavy (non-hydrogen) atoms. The van der Waals surface area contributed by atoms with Crippen molar-refractivity contribution in [2.45, 2.75) is 13.8 Å². The van der Waals surface area contributed by atoms with Crippen molar-refractivity contribution in [2.75, 3.05) is 0 Å². The Kier molecular flexibility index (Phi) is 2.57. The lowest BCUT2D eigenvalue weighted by Gasteiger charge is -1.97. The van der Waals surface area contributed by atoms with E-state index in [9.17, 15) is 0 Å². The van der Waals surface area contributed by atoms with E-state index in [1.54, 1.807) is 11.3 Å². The van der Waals surface area contributed by atoms with E-state index in [0.29, 0.717) is 0 Å². The average molecular weight is 213 g/mol. The minimum absolute atomic E-state index is 0.823. The minimum atomic E-state index is 0.823. The summed E-state index contributed by atoms with van der Waals surface area (Å²) in [4.78, 5) is 2.32. The van der Waals surface area contributed by atoms with Gasteiger partial charge in [0.05, 0.1) is 10.4 Å². The third-order valence-electron chi connectivity index (χ3n) is 2.53. The summed E-state index contributed by atoms with van der Waals surface area (Å²) in [5, 5.41) is 9.13. The van der Waals surface area contributed by atoms with Crippen molar-refractivity contribution in [2.24, 2.45) is 0 Å². The van der Waals surface area contributed by atoms with Gasteiger partial charge in [0.15, 0.2) is 0 Å². The second-order valence-electron chi connectivity index (χ2n) is 3.47. The van der Waals surface area contributed by atoms with Crippen LogP contribution >= 0.6 is 11.3 Å². The Balaban J connectivity index is 2.65. The van der Waals surface area contributed by atoms with Crippen LogP contribution in [0.15, 0.2) is 30.3 Å². The number of aryl methyl sites for hydroxylation is 1. The molecular formula is C13H11NS. The van der Waals surface area contributed by atoms with Gasteiger partial charge < -0.3 is 0 Å². The molecule has 0 saturated heterocycles. The maximum atomic E-state index is 9.13. The summed E-state index contributed by atoms with van der Waals surface area (Å²) in [6.07, 6.45) is 0. The van der Waals surface area contributed by atoms with Crippen molar-refractivity contribution in [1.82, 2.24) is 0 Å². The summed E-state index contributed by atoms with van der Waals surface area (Å²) in [7, 11) is 0. The van der Waals surface area contributed by atoms with Gasteiger partial charge in [0, 0.05) is 4.88 Å². The summed E-state index contributed by atoms with van der Waals surface area (Å²) in [5.41, 5.74) is 3.07. The van der Waals surface area contributed by atoms with Crippen molar-refractivity contribution in [3.63, 3.8) is 0 Å². The molecule has 2 heteroatoms. The van der Waals surface area contributed by atoms with Gasteiger partial charge in [-0.25, -0.2) is 0 Å². The molecule has 0 aliphatic carbocycles. The smallest absolute Gasteiger partial charge is 0.101 e. The molecule has 0 amide bonds. The van der Waals surface area contributed by atoms with E-state index in [1.807, 2.05) is 37.3 Å². The van der Waals surface area contributed by atoms with E-state index in [4.69, 9.17) is 5.26 Å². The van der Waals surface area contributed by atoms with Crippen LogP contribution < -0.4 is 0 Å². The van der Waals surface area contributed by atoms with Crippen LogP contribution in [0.25, 0.3) is 10.4 Å². The molecule has 2 rings (SSSR count). The van der Waals surface area contributed by atoms with Crippen molar-refractivity contribution in [3.8, 4) is 16.5 Å². The highest BCUT2D eigenvalue weighted by Crippen LogP contribution is 2.35. The molecule has 0 N–H and O–H groups in total. The van der Waals surface area contributed by atoms with Gasteiger partial charge in [-0.1, -0.05) is 30.3 Å². The summed E-state index contributed by atoms with van der Waals surface area (Å²) in [5.74, 6) is 0. The highest BCUT2D eigenvalue weighted by Gasteiger charge is 2.12. The monoisotopic (exact) mass is 213 g/mol. The van der Waals surface area contributed by atoms with E-state index < -0.39 is 0 Å². The first kappa shape index (κ1) is 9.95. The predicted octanol–water partition coefficient (Wildman–Crippen LogP) is 3.90. The van der Waals surface area contributed by atoms with Gasteiger partial charge >= 0.3 is 0 Å². The third-order valence-corrected chi connectivity index (χ3v) is 3.79. The molecule has 1 heterocycles. The molecule has 74 valence electrons. The molecule has 0 unspecified atom stereocenters. The molecule has 0 aliphatic rings. The van der Waals surface area contributed by atoms with E-state index >= 15 is 0 Å². The molecule has 0 fully saturated rings. The summed E-state index contributed by atoms with van der Waals surface area (Å²) in [6, 6.07) is 12.4. The van der Waals surface area contributed by atoms with Crippen molar-refractivity contribution in [1.29, 1.82) is 5.26 Å². The first-order chi connectivity index (χ1) is 7.24. The van der Waals surface area contributed by atoms with Gasteiger partial charge in [-0.2, -0.15) is 5.26 Å². The Morgan fingerprint density at radius 1 is 1.13 bits per heavy atom. The Labute approximate surface area is 93.6 Å². The highest BCUT2D eigenvalue weighted by molar-refractivity contribution is 7.15. The van der Waals surface area contributed by atoms with Gasteiger partial charge in [-0.3, -0.25) is 0 Å². The van der Waals surface area contributed by atoms with E-state index in [-0.39, 0.29) is 0 Å². The van der Waals surface area contributed by atoms with Gasteiger partial charge in [0.2, 0.25) is 0 Å². The van der Waals surface area contributed by atoms with Gasteiger partial charge in [-0.05, 0) is 25.0 Å². The number of hydrogen-bond acceptors (Lipinski definition) is 2. The fourth-order valence-electron chi connectivity index (χ4n) is 1.55. The molecule has 0 saturated carbocycles. The molecule has 0 atom stereocenters. The third kappa shape index (κ3) is 1.67. The topological polar surface area (TPSA) is 23.8 Å². The standard InChI is InChI=1S/C13H11NS/c1-9-10(2)15-13(12(9)8-14)11-6-4-3-5-7-11/h3-7H,1-2H3. The largest absolute Gasteiger partial charge is 0.192 e. The molecular weight excluding hydrogens is 202 g/mol. The zero-order valence-electron chi connectivity index (χ0n) is 8.74. The Morgan fingerprint density at radius 3 is 2.40 bits per heavy atom. The second kappa shape index (κ2) is 3.88. The number of rotatable bonds is 1. The second-order valence-corrected chi connectivity index (χ2v) is 4.69. The average Bonchev–Trinajstić information content (AvgIpc) is 2.56. The molecule has 2 aromatic rings. The van der Waals surface area contributed by atoms with Crippen LogP contribution in [-0.2, 0) is 0 Å². The molecule has 1 aromatic carbocycles. The van der Waals surface area contributed by atoms with Crippen LogP contribution in [0.2, 0.25) is 0 Å². The fourth-order valence-corrected chi connectivity index (χ4v) is 2.67. The van der Waals surface area contributed by atoms with Gasteiger partial charge in [-0.15, -0.1) is 11.3 Å². The number of thiophene rings is 1. The first-order valence-electron chi connectivity index (χ1n) is 4.79. The molecule has 0 bridgehead atoms. The van der Waals surface area contributed by atoms with Crippen molar-refractivity contribution >= 4 is 11.3 Å². The van der Waals surface area contributed by atoms with Crippen LogP contribution in [0.5, 0.6) is 0 Å². The Bertz CT molecular complexity index is 517. The van der Waals surface area contributed by atoms with Crippen LogP contribution in [0, 0.1) is 25.2 Å². The number of nitriles is 1. The minimum Gasteiger partial charge on any atom is -0.192 e. The first-order valence-corrected chi connectivity index (χ1v) is 5.61. The fraction of sp³-hybridized carbons (Fsp3) is 0.154. The zero-order chi connectivity index (χ0) is 10.8. The van der Waals surface area contributed by atoms with E-state index in [0.717, 1.165) is 21.6 Å². The maximum Gasteiger partial charge on any atom is 0.101 e. The van der Waals surface area contributed by atoms with Crippen molar-refractivity contribution in [3.05, 3.63) is 46.3 Å². The van der Waals surface area contributed by atoms with E-state index in [1.165, 1.54) is 4.88 Å². The number of nitrogens with zero attached hydrogens (tertiary/aromatic N) is 1. The molecule has 1 aromatic heterocycles. The predicted molar refractivity (Wildman–Crippen MR) is 63.9 cm³/mol. The van der Waals surface area contributed by atoms with E-state index in [2.05, 4.69) is 13.0 Å². The van der Waals surface area contributed by atoms with Crippen LogP contribution in [0.4, 0.5) is 0 Å². The van der Waals surface area contributed by atoms with Crippen LogP contribution in [-0.4, -0.2) is 0 Å². The zero-order valence-corrected chi connectivity index (χ0v) is 9.56. The Morgan fingerprint density at radius 2 is 1.80 bits per heavy atom. The van der Waals surface area contributed by atoms with Crippen LogP contribution in [0.3, 0.4) is 0 Å². The quantitative estimate of drug-likeness (QED) is 0.704. The molecule has 0 spiro atoms. The number of hydrogen-bond donors (Lipinski definition) is 0. The van der Waals surface area contributed by atoms with Gasteiger partial charge in [0.25, 0.3) is 0 Å². The lowest BCUT2D eigenvalue weighted by molar-refractivity contribution is 1.39. The maximum absolute atomic E-state index is 9.13. The highest BCUT2D eigenvalue weighted by atomic mass is 32.1. The summed E-state index contributed by atoms with van der Waals surface area (Å²) < 4.78 is 0. The number of benzene rings is 1. The van der Waals surface area contributed by atoms with Crippen LogP contribution in [0.1, 0.15) is 16.0 Å². The van der Waals surface area contributed by atoms with Crippen molar-refractivity contribution < 1.29 is 0 Å². The molecule has 0 radical (unpaired) electrons. The summed E-state index contributed by atoms with van der Waals surface area (Å²) >= 11 is 1.70. The SMILES string of the molecule is Cc1sc(-c2ccccc2)c(C#N)c1C. The molecule has 1 nitrogen and oxygen atoms in total. The summed E-state index contributed by atoms with van der Waals surface area (Å²) in [6.45, 7) is 4.07. The normalized spacial score (nSPS) is 9.93. The molecule has 0 aliphatic heterocycles. The Hall–Kier alpha value is -1.59.